The molecule has 1 aliphatic heterocycles. The highest BCUT2D eigenvalue weighted by Gasteiger charge is 2.46. The van der Waals surface area contributed by atoms with E-state index in [-0.39, 0.29) is 17.6 Å². The molecule has 1 N–H and O–H groups in total. The number of carbonyl (C=O) groups excluding carboxylic acids is 1. The smallest absolute Gasteiger partial charge is 0.332 e. The molecule has 1 aromatic rings. The molecule has 3 nitrogen and oxygen atoms in total. The predicted octanol–water partition coefficient (Wildman–Crippen LogP) is 1.99. The maximum Gasteiger partial charge on any atom is 0.349 e. The van der Waals surface area contributed by atoms with Crippen LogP contribution in [0.5, 0.6) is 0 Å². The van der Waals surface area contributed by atoms with Gasteiger partial charge in [-0.25, -0.2) is 0 Å². The van der Waals surface area contributed by atoms with Gasteiger partial charge >= 0.3 is 5.92 Å². The van der Waals surface area contributed by atoms with Crippen LogP contribution in [0.15, 0.2) is 30.3 Å². The van der Waals surface area contributed by atoms with Crippen molar-refractivity contribution in [2.24, 2.45) is 0 Å². The van der Waals surface area contributed by atoms with Gasteiger partial charge in [-0.1, -0.05) is 30.3 Å². The zero-order valence-corrected chi connectivity index (χ0v) is 11.1. The first kappa shape index (κ1) is 13.9. The lowest BCUT2D eigenvalue weighted by Crippen LogP contribution is -2.59. The van der Waals surface area contributed by atoms with E-state index < -0.39 is 11.8 Å². The maximum atomic E-state index is 14.2. The number of halogens is 2. The SMILES string of the molecule is CC1NCCN(C(=O)C(F)(F)c2ccccc2)C1C. The first-order chi connectivity index (χ1) is 8.94. The molecule has 1 aliphatic rings. The number of amides is 1. The summed E-state index contributed by atoms with van der Waals surface area (Å²) in [6, 6.07) is 7.03. The Morgan fingerprint density at radius 1 is 1.32 bits per heavy atom. The third kappa shape index (κ3) is 2.61. The van der Waals surface area contributed by atoms with E-state index in [2.05, 4.69) is 5.32 Å². The van der Waals surface area contributed by atoms with E-state index in [1.54, 1.807) is 13.0 Å². The normalized spacial score (nSPS) is 24.3. The first-order valence-electron chi connectivity index (χ1n) is 6.42. The van der Waals surface area contributed by atoms with E-state index in [0.29, 0.717) is 13.1 Å². The van der Waals surface area contributed by atoms with Gasteiger partial charge in [0.2, 0.25) is 0 Å². The number of alkyl halides is 2. The van der Waals surface area contributed by atoms with Gasteiger partial charge in [0.05, 0.1) is 0 Å². The summed E-state index contributed by atoms with van der Waals surface area (Å²) in [7, 11) is 0. The fraction of sp³-hybridized carbons (Fsp3) is 0.500. The molecule has 1 amide bonds. The van der Waals surface area contributed by atoms with Crippen molar-refractivity contribution in [2.45, 2.75) is 31.9 Å². The van der Waals surface area contributed by atoms with Crippen LogP contribution in [-0.2, 0) is 10.7 Å². The molecule has 5 heteroatoms. The zero-order chi connectivity index (χ0) is 14.0. The van der Waals surface area contributed by atoms with Crippen LogP contribution in [0.2, 0.25) is 0 Å². The molecule has 2 unspecified atom stereocenters. The number of piperazine rings is 1. The predicted molar refractivity (Wildman–Crippen MR) is 69.0 cm³/mol. The quantitative estimate of drug-likeness (QED) is 0.889. The van der Waals surface area contributed by atoms with Crippen LogP contribution in [0.3, 0.4) is 0 Å². The summed E-state index contributed by atoms with van der Waals surface area (Å²) in [5, 5.41) is 3.17. The molecule has 19 heavy (non-hydrogen) atoms. The van der Waals surface area contributed by atoms with Crippen molar-refractivity contribution >= 4 is 5.91 Å². The van der Waals surface area contributed by atoms with Gasteiger partial charge in [-0.15, -0.1) is 0 Å². The van der Waals surface area contributed by atoms with Gasteiger partial charge in [-0.3, -0.25) is 4.79 Å². The molecule has 1 aromatic carbocycles. The van der Waals surface area contributed by atoms with Crippen LogP contribution in [0.1, 0.15) is 19.4 Å². The lowest BCUT2D eigenvalue weighted by Gasteiger charge is -2.40. The Morgan fingerprint density at radius 2 is 1.95 bits per heavy atom. The second-order valence-electron chi connectivity index (χ2n) is 4.92. The van der Waals surface area contributed by atoms with Crippen LogP contribution in [-0.4, -0.2) is 36.0 Å². The molecule has 2 rings (SSSR count). The summed E-state index contributed by atoms with van der Waals surface area (Å²) in [4.78, 5) is 13.4. The summed E-state index contributed by atoms with van der Waals surface area (Å²) in [5.74, 6) is -4.58. The largest absolute Gasteiger partial charge is 0.349 e. The minimum absolute atomic E-state index is 0.0178. The van der Waals surface area contributed by atoms with Crippen LogP contribution in [0.4, 0.5) is 8.78 Å². The molecule has 0 aromatic heterocycles. The molecule has 0 saturated carbocycles. The van der Waals surface area contributed by atoms with E-state index in [9.17, 15) is 13.6 Å². The lowest BCUT2D eigenvalue weighted by atomic mass is 10.0. The van der Waals surface area contributed by atoms with Crippen molar-refractivity contribution in [3.05, 3.63) is 35.9 Å². The minimum atomic E-state index is -3.47. The van der Waals surface area contributed by atoms with Crippen molar-refractivity contribution in [3.63, 3.8) is 0 Å². The van der Waals surface area contributed by atoms with Gasteiger partial charge < -0.3 is 10.2 Å². The molecular weight excluding hydrogens is 250 g/mol. The Kier molecular flexibility index (Phi) is 3.85. The molecule has 2 atom stereocenters. The number of hydrogen-bond donors (Lipinski definition) is 1. The van der Waals surface area contributed by atoms with Crippen molar-refractivity contribution in [3.8, 4) is 0 Å². The van der Waals surface area contributed by atoms with Crippen molar-refractivity contribution in [1.29, 1.82) is 0 Å². The van der Waals surface area contributed by atoms with E-state index in [1.807, 2.05) is 6.92 Å². The second kappa shape index (κ2) is 5.25. The van der Waals surface area contributed by atoms with Crippen molar-refractivity contribution in [1.82, 2.24) is 10.2 Å². The monoisotopic (exact) mass is 268 g/mol. The molecule has 0 bridgehead atoms. The van der Waals surface area contributed by atoms with Crippen LogP contribution in [0.25, 0.3) is 0 Å². The number of carbonyl (C=O) groups is 1. The lowest BCUT2D eigenvalue weighted by molar-refractivity contribution is -0.163. The van der Waals surface area contributed by atoms with Crippen LogP contribution in [0, 0.1) is 0 Å². The first-order valence-corrected chi connectivity index (χ1v) is 6.42. The van der Waals surface area contributed by atoms with Crippen LogP contribution >= 0.6 is 0 Å². The molecule has 104 valence electrons. The number of nitrogens with zero attached hydrogens (tertiary/aromatic N) is 1. The topological polar surface area (TPSA) is 32.3 Å². The fourth-order valence-corrected chi connectivity index (χ4v) is 2.29. The number of hydrogen-bond acceptors (Lipinski definition) is 2. The van der Waals surface area contributed by atoms with E-state index >= 15 is 0 Å². The number of nitrogens with one attached hydrogen (secondary N) is 1. The van der Waals surface area contributed by atoms with Gasteiger partial charge in [0, 0.05) is 30.7 Å². The highest BCUT2D eigenvalue weighted by Crippen LogP contribution is 2.31. The average molecular weight is 268 g/mol. The average Bonchev–Trinajstić information content (AvgIpc) is 2.42. The van der Waals surface area contributed by atoms with Crippen molar-refractivity contribution in [2.75, 3.05) is 13.1 Å². The van der Waals surface area contributed by atoms with Gasteiger partial charge in [-0.05, 0) is 13.8 Å². The molecule has 1 saturated heterocycles. The summed E-state index contributed by atoms with van der Waals surface area (Å²) in [6.07, 6.45) is 0. The minimum Gasteiger partial charge on any atom is -0.332 e. The summed E-state index contributed by atoms with van der Waals surface area (Å²) in [6.45, 7) is 4.54. The van der Waals surface area contributed by atoms with E-state index in [1.165, 1.54) is 29.2 Å². The number of benzene rings is 1. The van der Waals surface area contributed by atoms with Gasteiger partial charge in [0.25, 0.3) is 5.91 Å². The molecule has 0 radical (unpaired) electrons. The summed E-state index contributed by atoms with van der Waals surface area (Å²) in [5.41, 5.74) is -0.251. The fourth-order valence-electron chi connectivity index (χ4n) is 2.29. The number of rotatable bonds is 2. The Bertz CT molecular complexity index is 450. The van der Waals surface area contributed by atoms with E-state index in [4.69, 9.17) is 0 Å². The van der Waals surface area contributed by atoms with Gasteiger partial charge in [-0.2, -0.15) is 8.78 Å². The zero-order valence-electron chi connectivity index (χ0n) is 11.1. The van der Waals surface area contributed by atoms with Gasteiger partial charge in [0.1, 0.15) is 0 Å². The standard InChI is InChI=1S/C14H18F2N2O/c1-10-11(2)18(9-8-17-10)13(19)14(15,16)12-6-4-3-5-7-12/h3-7,10-11,17H,8-9H2,1-2H3. The Hall–Kier alpha value is -1.49. The third-order valence-corrected chi connectivity index (χ3v) is 3.70. The Morgan fingerprint density at radius 3 is 2.58 bits per heavy atom. The molecule has 0 aliphatic carbocycles. The molecule has 1 fully saturated rings. The molecular formula is C14H18F2N2O. The Labute approximate surface area is 111 Å². The van der Waals surface area contributed by atoms with Crippen molar-refractivity contribution < 1.29 is 13.6 Å². The Balaban J connectivity index is 2.23. The highest BCUT2D eigenvalue weighted by molar-refractivity contribution is 5.85. The molecule has 0 spiro atoms. The maximum absolute atomic E-state index is 14.2. The second-order valence-corrected chi connectivity index (χ2v) is 4.92. The van der Waals surface area contributed by atoms with E-state index in [0.717, 1.165) is 0 Å². The summed E-state index contributed by atoms with van der Waals surface area (Å²) >= 11 is 0. The van der Waals surface area contributed by atoms with Gasteiger partial charge in [0.15, 0.2) is 0 Å². The third-order valence-electron chi connectivity index (χ3n) is 3.70. The highest BCUT2D eigenvalue weighted by atomic mass is 19.3. The molecule has 1 heterocycles. The summed E-state index contributed by atoms with van der Waals surface area (Å²) < 4.78 is 28.4. The van der Waals surface area contributed by atoms with Crippen LogP contribution < -0.4 is 5.32 Å².